The maximum atomic E-state index is 11.8. The average Bonchev–Trinajstić information content (AvgIpc) is 2.79. The average molecular weight is 314 g/mol. The predicted octanol–water partition coefficient (Wildman–Crippen LogP) is 1.06. The minimum atomic E-state index is -0.927. The second-order valence-corrected chi connectivity index (χ2v) is 7.03. The Hall–Kier alpha value is -1.28. The molecular weight excluding hydrogens is 292 g/mol. The molecule has 3 N–H and O–H groups in total. The zero-order chi connectivity index (χ0) is 15.6. The molecule has 2 atom stereocenters. The number of nitrogens with two attached hydrogens (primary N) is 1. The third-order valence-corrected chi connectivity index (χ3v) is 5.03. The van der Waals surface area contributed by atoms with Crippen LogP contribution in [0.5, 0.6) is 0 Å². The fourth-order valence-corrected chi connectivity index (χ4v) is 4.19. The quantitative estimate of drug-likeness (QED) is 0.805. The van der Waals surface area contributed by atoms with Crippen LogP contribution in [0.3, 0.4) is 0 Å². The number of carbonyl (C=O) groups is 1. The zero-order valence-electron chi connectivity index (χ0n) is 12.6. The van der Waals surface area contributed by atoms with Gasteiger partial charge in [0.25, 0.3) is 0 Å². The van der Waals surface area contributed by atoms with Gasteiger partial charge in [-0.05, 0) is 39.5 Å². The van der Waals surface area contributed by atoms with Crippen molar-refractivity contribution >= 4 is 17.7 Å². The number of aromatic amines is 1. The van der Waals surface area contributed by atoms with E-state index in [1.165, 1.54) is 18.9 Å². The molecule has 1 saturated carbocycles. The summed E-state index contributed by atoms with van der Waals surface area (Å²) in [7, 11) is 1.36. The smallest absolute Gasteiger partial charge is 0.344 e. The van der Waals surface area contributed by atoms with Crippen LogP contribution in [0.25, 0.3) is 0 Å². The molecule has 21 heavy (non-hydrogen) atoms. The van der Waals surface area contributed by atoms with Crippen LogP contribution in [-0.4, -0.2) is 38.6 Å². The first kappa shape index (κ1) is 16.1. The molecule has 0 bridgehead atoms. The number of nitrogens with one attached hydrogen (secondary N) is 1. The van der Waals surface area contributed by atoms with Crippen molar-refractivity contribution in [2.75, 3.05) is 7.11 Å². The monoisotopic (exact) mass is 314 g/mol. The van der Waals surface area contributed by atoms with Crippen LogP contribution in [0.2, 0.25) is 0 Å². The second-order valence-electron chi connectivity index (χ2n) is 5.76. The number of thioether (sulfide) groups is 1. The third kappa shape index (κ3) is 3.32. The number of ether oxygens (including phenoxy) is 1. The van der Waals surface area contributed by atoms with Gasteiger partial charge < -0.3 is 10.5 Å². The van der Waals surface area contributed by atoms with Gasteiger partial charge in [-0.1, -0.05) is 11.8 Å². The van der Waals surface area contributed by atoms with Gasteiger partial charge in [0.2, 0.25) is 0 Å². The van der Waals surface area contributed by atoms with Crippen molar-refractivity contribution in [2.45, 2.75) is 61.5 Å². The lowest BCUT2D eigenvalue weighted by Gasteiger charge is -2.34. The summed E-state index contributed by atoms with van der Waals surface area (Å²) in [6.07, 6.45) is 2.97. The summed E-state index contributed by atoms with van der Waals surface area (Å²) in [6.45, 7) is 3.87. The molecule has 1 aromatic heterocycles. The normalized spacial score (nSPS) is 26.0. The van der Waals surface area contributed by atoms with Crippen molar-refractivity contribution in [3.05, 3.63) is 10.5 Å². The first-order valence-electron chi connectivity index (χ1n) is 7.08. The van der Waals surface area contributed by atoms with Crippen LogP contribution in [0.4, 0.5) is 0 Å². The van der Waals surface area contributed by atoms with Gasteiger partial charge in [-0.25, -0.2) is 9.89 Å². The molecule has 0 aliphatic heterocycles. The van der Waals surface area contributed by atoms with Crippen LogP contribution in [0.15, 0.2) is 9.95 Å². The first-order chi connectivity index (χ1) is 9.87. The molecule has 1 heterocycles. The van der Waals surface area contributed by atoms with E-state index < -0.39 is 5.54 Å². The van der Waals surface area contributed by atoms with E-state index in [9.17, 15) is 9.59 Å². The number of methoxy groups -OCH3 is 1. The van der Waals surface area contributed by atoms with Crippen LogP contribution >= 0.6 is 11.8 Å². The molecule has 0 aromatic carbocycles. The maximum Gasteiger partial charge on any atom is 0.344 e. The summed E-state index contributed by atoms with van der Waals surface area (Å²) < 4.78 is 6.43. The summed E-state index contributed by atoms with van der Waals surface area (Å²) in [4.78, 5) is 23.6. The molecular formula is C13H22N4O3S. The second kappa shape index (κ2) is 6.23. The molecule has 1 fully saturated rings. The van der Waals surface area contributed by atoms with E-state index in [1.54, 1.807) is 4.57 Å². The van der Waals surface area contributed by atoms with Gasteiger partial charge in [0.15, 0.2) is 5.16 Å². The first-order valence-corrected chi connectivity index (χ1v) is 7.96. The Morgan fingerprint density at radius 2 is 2.33 bits per heavy atom. The Morgan fingerprint density at radius 3 is 2.95 bits per heavy atom. The SMILES string of the molecule is COC(=O)C1(N)CCCC(Sc2n[nH]c(=O)n2C(C)C)C1. The summed E-state index contributed by atoms with van der Waals surface area (Å²) >= 11 is 1.50. The van der Waals surface area contributed by atoms with Crippen molar-refractivity contribution in [1.29, 1.82) is 0 Å². The van der Waals surface area contributed by atoms with E-state index in [2.05, 4.69) is 10.2 Å². The number of nitrogens with zero attached hydrogens (tertiary/aromatic N) is 2. The summed E-state index contributed by atoms with van der Waals surface area (Å²) in [5.41, 5.74) is 5.04. The molecule has 0 radical (unpaired) electrons. The van der Waals surface area contributed by atoms with E-state index in [4.69, 9.17) is 10.5 Å². The molecule has 0 amide bonds. The van der Waals surface area contributed by atoms with E-state index in [1.807, 2.05) is 13.8 Å². The number of hydrogen-bond acceptors (Lipinski definition) is 6. The maximum absolute atomic E-state index is 11.8. The van der Waals surface area contributed by atoms with Crippen LogP contribution in [0.1, 0.15) is 45.6 Å². The Labute approximate surface area is 127 Å². The summed E-state index contributed by atoms with van der Waals surface area (Å²) in [6, 6.07) is 0.0329. The van der Waals surface area contributed by atoms with E-state index in [0.717, 1.165) is 12.8 Å². The molecule has 118 valence electrons. The van der Waals surface area contributed by atoms with Gasteiger partial charge in [-0.2, -0.15) is 0 Å². The molecule has 8 heteroatoms. The van der Waals surface area contributed by atoms with Gasteiger partial charge in [0.05, 0.1) is 7.11 Å². The van der Waals surface area contributed by atoms with E-state index in [0.29, 0.717) is 18.0 Å². The van der Waals surface area contributed by atoms with Gasteiger partial charge in [-0.15, -0.1) is 5.10 Å². The molecule has 1 aliphatic rings. The molecule has 1 aliphatic carbocycles. The lowest BCUT2D eigenvalue weighted by Crippen LogP contribution is -2.52. The van der Waals surface area contributed by atoms with Crippen LogP contribution in [0, 0.1) is 0 Å². The zero-order valence-corrected chi connectivity index (χ0v) is 13.4. The topological polar surface area (TPSA) is 103 Å². The standard InChI is InChI=1S/C13H22N4O3S/c1-8(2)17-11(19)15-16-12(17)21-9-5-4-6-13(14,7-9)10(18)20-3/h8-9H,4-7,14H2,1-3H3,(H,15,19). The Morgan fingerprint density at radius 1 is 1.62 bits per heavy atom. The summed E-state index contributed by atoms with van der Waals surface area (Å²) in [5, 5.41) is 7.35. The molecule has 2 unspecified atom stereocenters. The number of hydrogen-bond donors (Lipinski definition) is 2. The van der Waals surface area contributed by atoms with Crippen molar-refractivity contribution < 1.29 is 9.53 Å². The lowest BCUT2D eigenvalue weighted by atomic mass is 9.82. The minimum Gasteiger partial charge on any atom is -0.468 e. The molecule has 2 rings (SSSR count). The minimum absolute atomic E-state index is 0.0329. The van der Waals surface area contributed by atoms with Gasteiger partial charge in [-0.3, -0.25) is 9.36 Å². The number of H-pyrrole nitrogens is 1. The fourth-order valence-electron chi connectivity index (χ4n) is 2.72. The highest BCUT2D eigenvalue weighted by molar-refractivity contribution is 7.99. The van der Waals surface area contributed by atoms with Crippen molar-refractivity contribution in [2.24, 2.45) is 5.73 Å². The Kier molecular flexibility index (Phi) is 4.77. The number of rotatable bonds is 4. The summed E-state index contributed by atoms with van der Waals surface area (Å²) in [5.74, 6) is -0.365. The van der Waals surface area contributed by atoms with E-state index in [-0.39, 0.29) is 23.0 Å². The highest BCUT2D eigenvalue weighted by Crippen LogP contribution is 2.37. The highest BCUT2D eigenvalue weighted by Gasteiger charge is 2.41. The Bertz CT molecular complexity index is 568. The number of aromatic nitrogens is 3. The lowest BCUT2D eigenvalue weighted by molar-refractivity contribution is -0.148. The van der Waals surface area contributed by atoms with Crippen LogP contribution in [-0.2, 0) is 9.53 Å². The fraction of sp³-hybridized carbons (Fsp3) is 0.769. The third-order valence-electron chi connectivity index (χ3n) is 3.79. The Balaban J connectivity index is 2.14. The highest BCUT2D eigenvalue weighted by atomic mass is 32.2. The van der Waals surface area contributed by atoms with Crippen molar-refractivity contribution in [1.82, 2.24) is 14.8 Å². The molecule has 0 spiro atoms. The van der Waals surface area contributed by atoms with Crippen LogP contribution < -0.4 is 11.4 Å². The number of carbonyl (C=O) groups excluding carboxylic acids is 1. The van der Waals surface area contributed by atoms with Crippen molar-refractivity contribution in [3.63, 3.8) is 0 Å². The van der Waals surface area contributed by atoms with Gasteiger partial charge >= 0.3 is 11.7 Å². The number of esters is 1. The largest absolute Gasteiger partial charge is 0.468 e. The van der Waals surface area contributed by atoms with E-state index >= 15 is 0 Å². The van der Waals surface area contributed by atoms with Gasteiger partial charge in [0, 0.05) is 11.3 Å². The molecule has 0 saturated heterocycles. The predicted molar refractivity (Wildman–Crippen MR) is 80.3 cm³/mol. The van der Waals surface area contributed by atoms with Gasteiger partial charge in [0.1, 0.15) is 5.54 Å². The molecule has 7 nitrogen and oxygen atoms in total. The molecule has 1 aromatic rings. The van der Waals surface area contributed by atoms with Crippen molar-refractivity contribution in [3.8, 4) is 0 Å².